The number of hydrogen-bond acceptors (Lipinski definition) is 2. The maximum atomic E-state index is 13.0. The number of halogens is 1. The molecule has 114 valence electrons. The SMILES string of the molecule is CCC1C(=O)NC(CC)(CC)C(=O)N1c1ccc(Br)cc1. The van der Waals surface area contributed by atoms with Crippen LogP contribution in [0.25, 0.3) is 0 Å². The molecule has 1 aliphatic rings. The van der Waals surface area contributed by atoms with E-state index in [1.54, 1.807) is 4.90 Å². The summed E-state index contributed by atoms with van der Waals surface area (Å²) in [5.74, 6) is -0.0787. The van der Waals surface area contributed by atoms with E-state index in [9.17, 15) is 9.59 Å². The van der Waals surface area contributed by atoms with Crippen molar-refractivity contribution in [3.05, 3.63) is 28.7 Å². The first-order valence-corrected chi connectivity index (χ1v) is 8.19. The first-order chi connectivity index (χ1) is 9.99. The summed E-state index contributed by atoms with van der Waals surface area (Å²) in [6.07, 6.45) is 1.78. The van der Waals surface area contributed by atoms with Gasteiger partial charge in [-0.1, -0.05) is 36.7 Å². The standard InChI is InChI=1S/C16H21BrN2O2/c1-4-13-14(20)18-16(5-2,6-3)15(21)19(13)12-9-7-11(17)8-10-12/h7-10,13H,4-6H2,1-3H3,(H,18,20). The van der Waals surface area contributed by atoms with Gasteiger partial charge in [0.2, 0.25) is 5.91 Å². The van der Waals surface area contributed by atoms with Gasteiger partial charge in [0, 0.05) is 10.2 Å². The molecule has 1 aromatic rings. The van der Waals surface area contributed by atoms with Gasteiger partial charge in [-0.15, -0.1) is 0 Å². The first kappa shape index (κ1) is 16.0. The number of benzene rings is 1. The van der Waals surface area contributed by atoms with Crippen LogP contribution < -0.4 is 10.2 Å². The summed E-state index contributed by atoms with van der Waals surface area (Å²) < 4.78 is 0.949. The van der Waals surface area contributed by atoms with E-state index >= 15 is 0 Å². The minimum absolute atomic E-state index is 0.0127. The topological polar surface area (TPSA) is 49.4 Å². The number of rotatable bonds is 4. The van der Waals surface area contributed by atoms with Crippen LogP contribution in [0.3, 0.4) is 0 Å². The number of amides is 2. The van der Waals surface area contributed by atoms with Crippen LogP contribution in [0.2, 0.25) is 0 Å². The molecule has 0 saturated carbocycles. The fraction of sp³-hybridized carbons (Fsp3) is 0.500. The molecule has 1 N–H and O–H groups in total. The van der Waals surface area contributed by atoms with Crippen LogP contribution in [-0.2, 0) is 9.59 Å². The molecule has 21 heavy (non-hydrogen) atoms. The van der Waals surface area contributed by atoms with Gasteiger partial charge in [-0.3, -0.25) is 14.5 Å². The Hall–Kier alpha value is -1.36. The molecular weight excluding hydrogens is 332 g/mol. The zero-order valence-electron chi connectivity index (χ0n) is 12.6. The van der Waals surface area contributed by atoms with Crippen molar-refractivity contribution in [2.45, 2.75) is 51.6 Å². The van der Waals surface area contributed by atoms with Crippen LogP contribution in [-0.4, -0.2) is 23.4 Å². The third-order valence-electron chi connectivity index (χ3n) is 4.30. The van der Waals surface area contributed by atoms with E-state index in [0.717, 1.165) is 10.2 Å². The Balaban J connectivity index is 2.49. The Labute approximate surface area is 134 Å². The van der Waals surface area contributed by atoms with Gasteiger partial charge in [0.15, 0.2) is 0 Å². The lowest BCUT2D eigenvalue weighted by atomic mass is 9.86. The molecule has 2 amide bonds. The van der Waals surface area contributed by atoms with Gasteiger partial charge in [-0.2, -0.15) is 0 Å². The molecule has 1 aliphatic heterocycles. The highest BCUT2D eigenvalue weighted by Gasteiger charge is 2.48. The third-order valence-corrected chi connectivity index (χ3v) is 4.83. The van der Waals surface area contributed by atoms with Crippen molar-refractivity contribution < 1.29 is 9.59 Å². The van der Waals surface area contributed by atoms with E-state index in [0.29, 0.717) is 19.3 Å². The monoisotopic (exact) mass is 352 g/mol. The fourth-order valence-electron chi connectivity index (χ4n) is 2.86. The van der Waals surface area contributed by atoms with Crippen molar-refractivity contribution in [3.63, 3.8) is 0 Å². The predicted octanol–water partition coefficient (Wildman–Crippen LogP) is 3.25. The summed E-state index contributed by atoms with van der Waals surface area (Å²) in [5.41, 5.74) is -0.00768. The minimum atomic E-state index is -0.782. The number of nitrogens with one attached hydrogen (secondary N) is 1. The zero-order valence-corrected chi connectivity index (χ0v) is 14.2. The molecule has 5 heteroatoms. The lowest BCUT2D eigenvalue weighted by Gasteiger charge is -2.45. The maximum Gasteiger partial charge on any atom is 0.253 e. The molecule has 2 rings (SSSR count). The van der Waals surface area contributed by atoms with Gasteiger partial charge in [-0.25, -0.2) is 0 Å². The molecule has 1 saturated heterocycles. The number of anilines is 1. The largest absolute Gasteiger partial charge is 0.340 e. The number of carbonyl (C=O) groups is 2. The molecular formula is C16H21BrN2O2. The predicted molar refractivity (Wildman–Crippen MR) is 87.2 cm³/mol. The number of nitrogens with zero attached hydrogens (tertiary/aromatic N) is 1. The van der Waals surface area contributed by atoms with Gasteiger partial charge < -0.3 is 5.32 Å². The lowest BCUT2D eigenvalue weighted by Crippen LogP contribution is -2.70. The minimum Gasteiger partial charge on any atom is -0.340 e. The number of carbonyl (C=O) groups excluding carboxylic acids is 2. The van der Waals surface area contributed by atoms with Crippen LogP contribution >= 0.6 is 15.9 Å². The molecule has 0 aliphatic carbocycles. The summed E-state index contributed by atoms with van der Waals surface area (Å²) in [6.45, 7) is 5.80. The van der Waals surface area contributed by atoms with Crippen LogP contribution in [0.5, 0.6) is 0 Å². The van der Waals surface area contributed by atoms with Crippen molar-refractivity contribution in [2.24, 2.45) is 0 Å². The summed E-state index contributed by atoms with van der Waals surface area (Å²) >= 11 is 3.40. The van der Waals surface area contributed by atoms with Crippen LogP contribution in [0.1, 0.15) is 40.0 Å². The molecule has 0 bridgehead atoms. The average Bonchev–Trinajstić information content (AvgIpc) is 2.50. The van der Waals surface area contributed by atoms with E-state index in [1.807, 2.05) is 45.0 Å². The molecule has 1 fully saturated rings. The van der Waals surface area contributed by atoms with Gasteiger partial charge in [-0.05, 0) is 43.5 Å². The highest BCUT2D eigenvalue weighted by Crippen LogP contribution is 2.31. The average molecular weight is 353 g/mol. The second-order valence-corrected chi connectivity index (χ2v) is 6.27. The highest BCUT2D eigenvalue weighted by molar-refractivity contribution is 9.10. The van der Waals surface area contributed by atoms with E-state index in [2.05, 4.69) is 21.2 Å². The van der Waals surface area contributed by atoms with Crippen molar-refractivity contribution >= 4 is 33.4 Å². The smallest absolute Gasteiger partial charge is 0.253 e. The first-order valence-electron chi connectivity index (χ1n) is 7.40. The second kappa shape index (κ2) is 6.18. The van der Waals surface area contributed by atoms with Gasteiger partial charge in [0.1, 0.15) is 11.6 Å². The summed E-state index contributed by atoms with van der Waals surface area (Å²) in [7, 11) is 0. The van der Waals surface area contributed by atoms with Crippen molar-refractivity contribution in [1.29, 1.82) is 0 Å². The van der Waals surface area contributed by atoms with E-state index in [1.165, 1.54) is 0 Å². The van der Waals surface area contributed by atoms with Crippen molar-refractivity contribution in [1.82, 2.24) is 5.32 Å². The number of hydrogen-bond donors (Lipinski definition) is 1. The highest BCUT2D eigenvalue weighted by atomic mass is 79.9. The molecule has 1 unspecified atom stereocenters. The van der Waals surface area contributed by atoms with Crippen molar-refractivity contribution in [3.8, 4) is 0 Å². The van der Waals surface area contributed by atoms with Gasteiger partial charge in [0.05, 0.1) is 0 Å². The molecule has 0 radical (unpaired) electrons. The van der Waals surface area contributed by atoms with Crippen LogP contribution in [0.15, 0.2) is 28.7 Å². The number of piperazine rings is 1. The lowest BCUT2D eigenvalue weighted by molar-refractivity contribution is -0.138. The Morgan fingerprint density at radius 3 is 2.19 bits per heavy atom. The summed E-state index contributed by atoms with van der Waals surface area (Å²) in [6, 6.07) is 7.09. The Morgan fingerprint density at radius 2 is 1.71 bits per heavy atom. The normalized spacial score (nSPS) is 21.3. The summed E-state index contributed by atoms with van der Waals surface area (Å²) in [4.78, 5) is 27.1. The zero-order chi connectivity index (χ0) is 15.6. The molecule has 4 nitrogen and oxygen atoms in total. The van der Waals surface area contributed by atoms with E-state index < -0.39 is 11.6 Å². The molecule has 1 heterocycles. The van der Waals surface area contributed by atoms with Gasteiger partial charge >= 0.3 is 0 Å². The molecule has 1 aromatic carbocycles. The second-order valence-electron chi connectivity index (χ2n) is 5.35. The maximum absolute atomic E-state index is 13.0. The molecule has 1 atom stereocenters. The van der Waals surface area contributed by atoms with E-state index in [-0.39, 0.29) is 11.8 Å². The van der Waals surface area contributed by atoms with Gasteiger partial charge in [0.25, 0.3) is 5.91 Å². The van der Waals surface area contributed by atoms with Crippen LogP contribution in [0, 0.1) is 0 Å². The Morgan fingerprint density at radius 1 is 1.14 bits per heavy atom. The molecule has 0 aromatic heterocycles. The molecule has 0 spiro atoms. The Kier molecular flexibility index (Phi) is 4.71. The Bertz CT molecular complexity index is 538. The quantitative estimate of drug-likeness (QED) is 0.903. The van der Waals surface area contributed by atoms with Crippen LogP contribution in [0.4, 0.5) is 5.69 Å². The third kappa shape index (κ3) is 2.71. The van der Waals surface area contributed by atoms with Crippen molar-refractivity contribution in [2.75, 3.05) is 4.90 Å². The van der Waals surface area contributed by atoms with E-state index in [4.69, 9.17) is 0 Å². The fourth-order valence-corrected chi connectivity index (χ4v) is 3.12. The summed E-state index contributed by atoms with van der Waals surface area (Å²) in [5, 5.41) is 2.95.